The Labute approximate surface area is 134 Å². The van der Waals surface area contributed by atoms with Gasteiger partial charge in [0.1, 0.15) is 5.75 Å². The zero-order valence-corrected chi connectivity index (χ0v) is 12.5. The maximum Gasteiger partial charge on any atom is 2.00 e. The molecule has 0 unspecified atom stereocenters. The quantitative estimate of drug-likeness (QED) is 0.520. The van der Waals surface area contributed by atoms with Crippen LogP contribution in [0, 0.1) is 0 Å². The number of rotatable bonds is 5. The summed E-state index contributed by atoms with van der Waals surface area (Å²) in [5, 5.41) is 20.9. The Morgan fingerprint density at radius 3 is 2.00 bits per heavy atom. The van der Waals surface area contributed by atoms with E-state index < -0.39 is 0 Å². The van der Waals surface area contributed by atoms with Gasteiger partial charge in [-0.25, -0.2) is 0 Å². The van der Waals surface area contributed by atoms with Crippen molar-refractivity contribution in [1.82, 2.24) is 0 Å². The number of benzene rings is 2. The fourth-order valence-electron chi connectivity index (χ4n) is 1.63. The summed E-state index contributed by atoms with van der Waals surface area (Å²) in [5.41, 5.74) is 1.26. The maximum absolute atomic E-state index is 11.4. The molecule has 0 bridgehead atoms. The first-order chi connectivity index (χ1) is 9.77. The Kier molecular flexibility index (Phi) is 7.22. The maximum atomic E-state index is 11.4. The van der Waals surface area contributed by atoms with Crippen LogP contribution in [-0.4, -0.2) is 30.6 Å². The van der Waals surface area contributed by atoms with E-state index in [0.717, 1.165) is 0 Å². The van der Waals surface area contributed by atoms with Gasteiger partial charge in [-0.1, -0.05) is 36.4 Å². The molecule has 2 aromatic carbocycles. The zero-order valence-electron chi connectivity index (χ0n) is 11.3. The second-order valence-electron chi connectivity index (χ2n) is 4.17. The molecule has 1 N–H and O–H groups in total. The van der Waals surface area contributed by atoms with E-state index in [1.54, 1.807) is 48.8 Å². The third kappa shape index (κ3) is 5.42. The predicted octanol–water partition coefficient (Wildman–Crippen LogP) is 2.00. The van der Waals surface area contributed by atoms with Crippen LogP contribution in [0.1, 0.15) is 11.1 Å². The minimum absolute atomic E-state index is 0. The van der Waals surface area contributed by atoms with E-state index in [0.29, 0.717) is 24.2 Å². The molecule has 0 fully saturated rings. The molecule has 0 heterocycles. The van der Waals surface area contributed by atoms with Gasteiger partial charge >= 0.3 is 17.1 Å². The molecule has 0 aliphatic heterocycles. The summed E-state index contributed by atoms with van der Waals surface area (Å²) < 4.78 is 0. The normalized spacial score (nSPS) is 10.9. The SMILES string of the molecule is [Mn+2].[O-]c1ccccc1C=NCCN=Cc1ccccc1O. The Morgan fingerprint density at radius 2 is 1.38 bits per heavy atom. The molecule has 0 aliphatic carbocycles. The van der Waals surface area contributed by atoms with Crippen LogP contribution in [0.4, 0.5) is 0 Å². The van der Waals surface area contributed by atoms with Crippen molar-refractivity contribution < 1.29 is 27.3 Å². The van der Waals surface area contributed by atoms with Crippen molar-refractivity contribution in [2.24, 2.45) is 9.98 Å². The number of phenolic OH excluding ortho intramolecular Hbond substituents is 1. The van der Waals surface area contributed by atoms with Gasteiger partial charge < -0.3 is 10.2 Å². The van der Waals surface area contributed by atoms with Gasteiger partial charge in [-0.3, -0.25) is 9.98 Å². The van der Waals surface area contributed by atoms with Crippen LogP contribution in [0.25, 0.3) is 0 Å². The summed E-state index contributed by atoms with van der Waals surface area (Å²) in [7, 11) is 0. The van der Waals surface area contributed by atoms with E-state index in [9.17, 15) is 10.2 Å². The van der Waals surface area contributed by atoms with Gasteiger partial charge in [0.2, 0.25) is 0 Å². The average molecular weight is 322 g/mol. The third-order valence-corrected chi connectivity index (χ3v) is 2.67. The van der Waals surface area contributed by atoms with Crippen molar-refractivity contribution >= 4 is 12.4 Å². The van der Waals surface area contributed by atoms with Crippen LogP contribution in [0.2, 0.25) is 0 Å². The van der Waals surface area contributed by atoms with E-state index in [2.05, 4.69) is 9.98 Å². The zero-order chi connectivity index (χ0) is 14.2. The van der Waals surface area contributed by atoms with Crippen molar-refractivity contribution in [2.75, 3.05) is 13.1 Å². The molecular weight excluding hydrogens is 307 g/mol. The third-order valence-electron chi connectivity index (χ3n) is 2.67. The van der Waals surface area contributed by atoms with Crippen LogP contribution in [0.15, 0.2) is 58.5 Å². The molecule has 1 radical (unpaired) electrons. The molecule has 5 heteroatoms. The van der Waals surface area contributed by atoms with Crippen LogP contribution in [-0.2, 0) is 17.1 Å². The summed E-state index contributed by atoms with van der Waals surface area (Å²) in [6.07, 6.45) is 3.18. The smallest absolute Gasteiger partial charge is 0.872 e. The van der Waals surface area contributed by atoms with Crippen molar-refractivity contribution in [1.29, 1.82) is 0 Å². The van der Waals surface area contributed by atoms with Gasteiger partial charge in [0.05, 0.1) is 13.1 Å². The fourth-order valence-corrected chi connectivity index (χ4v) is 1.63. The average Bonchev–Trinajstić information content (AvgIpc) is 2.46. The van der Waals surface area contributed by atoms with Crippen LogP contribution >= 0.6 is 0 Å². The largest absolute Gasteiger partial charge is 2.00 e. The Balaban J connectivity index is 0.00000220. The molecule has 0 spiro atoms. The summed E-state index contributed by atoms with van der Waals surface area (Å²) in [6.45, 7) is 1.00. The van der Waals surface area contributed by atoms with Gasteiger partial charge in [0.25, 0.3) is 0 Å². The van der Waals surface area contributed by atoms with Crippen LogP contribution in [0.5, 0.6) is 11.5 Å². The van der Waals surface area contributed by atoms with E-state index in [1.165, 1.54) is 6.07 Å². The molecule has 4 nitrogen and oxygen atoms in total. The van der Waals surface area contributed by atoms with Crippen molar-refractivity contribution in [3.05, 3.63) is 59.7 Å². The molecule has 0 amide bonds. The number of hydrogen-bond donors (Lipinski definition) is 1. The Bertz CT molecular complexity index is 572. The van der Waals surface area contributed by atoms with Gasteiger partial charge in [0.15, 0.2) is 0 Å². The first-order valence-corrected chi connectivity index (χ1v) is 6.31. The standard InChI is InChI=1S/C16H16N2O2.Mn/c19-15-7-3-1-5-13(15)11-17-9-10-18-12-14-6-2-4-8-16(14)20;/h1-8,11-12,19-20H,9-10H2;/q;+2/p-1. The Hall–Kier alpha value is -2.10. The first kappa shape index (κ1) is 17.0. The molecule has 0 saturated heterocycles. The molecule has 0 saturated carbocycles. The first-order valence-electron chi connectivity index (χ1n) is 6.31. The predicted molar refractivity (Wildman–Crippen MR) is 78.9 cm³/mol. The number of phenols is 1. The van der Waals surface area contributed by atoms with Gasteiger partial charge in [-0.05, 0) is 17.7 Å². The number of nitrogens with zero attached hydrogens (tertiary/aromatic N) is 2. The fraction of sp³-hybridized carbons (Fsp3) is 0.125. The Morgan fingerprint density at radius 1 is 0.857 bits per heavy atom. The van der Waals surface area contributed by atoms with Crippen molar-refractivity contribution in [3.8, 4) is 11.5 Å². The monoisotopic (exact) mass is 322 g/mol. The molecule has 0 aromatic heterocycles. The molecular formula is C16H15MnN2O2+. The molecule has 2 rings (SSSR count). The van der Waals surface area contributed by atoms with E-state index in [-0.39, 0.29) is 28.6 Å². The van der Waals surface area contributed by atoms with Crippen molar-refractivity contribution in [3.63, 3.8) is 0 Å². The van der Waals surface area contributed by atoms with Crippen LogP contribution in [0.3, 0.4) is 0 Å². The minimum Gasteiger partial charge on any atom is -0.872 e. The van der Waals surface area contributed by atoms with Crippen LogP contribution < -0.4 is 5.11 Å². The minimum atomic E-state index is -0.0334. The molecule has 2 aromatic rings. The molecule has 21 heavy (non-hydrogen) atoms. The van der Waals surface area contributed by atoms with E-state index in [4.69, 9.17) is 0 Å². The summed E-state index contributed by atoms with van der Waals surface area (Å²) in [5.74, 6) is 0.175. The summed E-state index contributed by atoms with van der Waals surface area (Å²) in [4.78, 5) is 8.33. The topological polar surface area (TPSA) is 68.0 Å². The molecule has 107 valence electrons. The number of para-hydroxylation sites is 2. The molecule has 0 atom stereocenters. The number of aromatic hydroxyl groups is 1. The second kappa shape index (κ2) is 8.95. The van der Waals surface area contributed by atoms with Gasteiger partial charge in [-0.2, -0.15) is 0 Å². The van der Waals surface area contributed by atoms with Gasteiger partial charge in [0, 0.05) is 18.0 Å². The second-order valence-corrected chi connectivity index (χ2v) is 4.17. The number of hydrogen-bond acceptors (Lipinski definition) is 4. The number of aliphatic imine (C=N–C) groups is 2. The summed E-state index contributed by atoms with van der Waals surface area (Å²) >= 11 is 0. The van der Waals surface area contributed by atoms with E-state index >= 15 is 0 Å². The summed E-state index contributed by atoms with van der Waals surface area (Å²) in [6, 6.07) is 13.8. The molecule has 0 aliphatic rings. The van der Waals surface area contributed by atoms with E-state index in [1.807, 2.05) is 6.07 Å². The van der Waals surface area contributed by atoms with Crippen molar-refractivity contribution in [2.45, 2.75) is 0 Å². The van der Waals surface area contributed by atoms with Gasteiger partial charge in [-0.15, -0.1) is 5.75 Å².